The molecule has 1 aromatic carbocycles. The van der Waals surface area contributed by atoms with E-state index in [0.717, 1.165) is 6.29 Å². The van der Waals surface area contributed by atoms with Crippen LogP contribution >= 0.6 is 0 Å². The highest BCUT2D eigenvalue weighted by molar-refractivity contribution is 5.92. The largest absolute Gasteiger partial charge is 0.343 e. The van der Waals surface area contributed by atoms with Crippen molar-refractivity contribution in [3.8, 4) is 5.69 Å². The van der Waals surface area contributed by atoms with E-state index in [1.54, 1.807) is 44.6 Å². The van der Waals surface area contributed by atoms with Crippen LogP contribution in [0.5, 0.6) is 0 Å². The highest BCUT2D eigenvalue weighted by Crippen LogP contribution is 2.12. The second-order valence-corrected chi connectivity index (χ2v) is 4.02. The number of hydrogen-bond donors (Lipinski definition) is 0. The van der Waals surface area contributed by atoms with Gasteiger partial charge in [0, 0.05) is 25.9 Å². The van der Waals surface area contributed by atoms with E-state index in [1.165, 1.54) is 9.58 Å². The first-order valence-corrected chi connectivity index (χ1v) is 5.45. The first kappa shape index (κ1) is 12.0. The predicted octanol–water partition coefficient (Wildman–Crippen LogP) is 1.39. The first-order chi connectivity index (χ1) is 8.63. The zero-order valence-electron chi connectivity index (χ0n) is 10.2. The zero-order chi connectivity index (χ0) is 13.1. The van der Waals surface area contributed by atoms with Gasteiger partial charge in [0.05, 0.1) is 5.69 Å². The molecule has 0 fully saturated rings. The minimum atomic E-state index is -0.169. The van der Waals surface area contributed by atoms with Crippen LogP contribution in [-0.4, -0.2) is 41.0 Å². The van der Waals surface area contributed by atoms with Crippen molar-refractivity contribution < 1.29 is 9.59 Å². The lowest BCUT2D eigenvalue weighted by Gasteiger charge is -2.07. The molecule has 0 N–H and O–H groups in total. The summed E-state index contributed by atoms with van der Waals surface area (Å²) in [6.45, 7) is 0. The first-order valence-electron chi connectivity index (χ1n) is 5.45. The maximum absolute atomic E-state index is 11.7. The van der Waals surface area contributed by atoms with E-state index in [2.05, 4.69) is 5.10 Å². The van der Waals surface area contributed by atoms with Gasteiger partial charge in [-0.1, -0.05) is 12.1 Å². The number of rotatable bonds is 3. The highest BCUT2D eigenvalue weighted by atomic mass is 16.2. The summed E-state index contributed by atoms with van der Waals surface area (Å²) in [6.07, 6.45) is 2.43. The van der Waals surface area contributed by atoms with Gasteiger partial charge in [-0.25, -0.2) is 4.68 Å². The van der Waals surface area contributed by atoms with Crippen LogP contribution < -0.4 is 0 Å². The van der Waals surface area contributed by atoms with Crippen LogP contribution in [-0.2, 0) is 0 Å². The van der Waals surface area contributed by atoms with Crippen molar-refractivity contribution in [1.82, 2.24) is 14.7 Å². The summed E-state index contributed by atoms with van der Waals surface area (Å²) < 4.78 is 1.53. The third-order valence-electron chi connectivity index (χ3n) is 2.52. The van der Waals surface area contributed by atoms with Gasteiger partial charge < -0.3 is 4.90 Å². The lowest BCUT2D eigenvalue weighted by atomic mass is 10.2. The van der Waals surface area contributed by atoms with E-state index in [0.29, 0.717) is 16.9 Å². The van der Waals surface area contributed by atoms with Crippen LogP contribution in [0.1, 0.15) is 20.8 Å². The van der Waals surface area contributed by atoms with Crippen molar-refractivity contribution in [1.29, 1.82) is 0 Å². The molecule has 1 amide bonds. The van der Waals surface area contributed by atoms with E-state index in [-0.39, 0.29) is 5.91 Å². The van der Waals surface area contributed by atoms with Gasteiger partial charge in [-0.05, 0) is 18.2 Å². The minimum Gasteiger partial charge on any atom is -0.343 e. The Morgan fingerprint density at radius 1 is 1.28 bits per heavy atom. The smallest absolute Gasteiger partial charge is 0.273 e. The molecule has 0 saturated carbocycles. The molecule has 1 heterocycles. The third-order valence-corrected chi connectivity index (χ3v) is 2.52. The number of hydrogen-bond acceptors (Lipinski definition) is 3. The van der Waals surface area contributed by atoms with Crippen molar-refractivity contribution in [3.63, 3.8) is 0 Å². The Bertz CT molecular complexity index is 587. The van der Waals surface area contributed by atoms with Crippen molar-refractivity contribution in [2.75, 3.05) is 14.1 Å². The standard InChI is InChI=1S/C13H13N3O2/c1-15(2)13(18)11-7-8-16(14-11)12-6-4-3-5-10(12)9-17/h3-9H,1-2H3. The highest BCUT2D eigenvalue weighted by Gasteiger charge is 2.12. The average Bonchev–Trinajstić information content (AvgIpc) is 2.87. The molecular weight excluding hydrogens is 230 g/mol. The van der Waals surface area contributed by atoms with E-state index in [4.69, 9.17) is 0 Å². The van der Waals surface area contributed by atoms with Gasteiger partial charge in [0.25, 0.3) is 5.91 Å². The molecule has 2 aromatic rings. The molecule has 0 aliphatic carbocycles. The Morgan fingerprint density at radius 2 is 2.00 bits per heavy atom. The molecule has 18 heavy (non-hydrogen) atoms. The quantitative estimate of drug-likeness (QED) is 0.765. The topological polar surface area (TPSA) is 55.2 Å². The van der Waals surface area contributed by atoms with E-state index in [9.17, 15) is 9.59 Å². The summed E-state index contributed by atoms with van der Waals surface area (Å²) in [5.41, 5.74) is 1.54. The Hall–Kier alpha value is -2.43. The Kier molecular flexibility index (Phi) is 3.23. The van der Waals surface area contributed by atoms with Crippen LogP contribution in [0.4, 0.5) is 0 Å². The maximum atomic E-state index is 11.7. The van der Waals surface area contributed by atoms with Crippen molar-refractivity contribution in [3.05, 3.63) is 47.8 Å². The number of amides is 1. The van der Waals surface area contributed by atoms with Crippen LogP contribution in [0, 0.1) is 0 Å². The Morgan fingerprint density at radius 3 is 2.67 bits per heavy atom. The number of benzene rings is 1. The second-order valence-electron chi connectivity index (χ2n) is 4.02. The second kappa shape index (κ2) is 4.83. The SMILES string of the molecule is CN(C)C(=O)c1ccn(-c2ccccc2C=O)n1. The van der Waals surface area contributed by atoms with Crippen LogP contribution in [0.2, 0.25) is 0 Å². The van der Waals surface area contributed by atoms with Gasteiger partial charge in [0.2, 0.25) is 0 Å². The lowest BCUT2D eigenvalue weighted by molar-refractivity contribution is 0.0821. The molecule has 0 spiro atoms. The minimum absolute atomic E-state index is 0.169. The molecule has 0 bridgehead atoms. The Labute approximate surface area is 105 Å². The number of nitrogens with zero attached hydrogens (tertiary/aromatic N) is 3. The van der Waals surface area contributed by atoms with Gasteiger partial charge in [-0.3, -0.25) is 9.59 Å². The zero-order valence-corrected chi connectivity index (χ0v) is 10.2. The molecular formula is C13H13N3O2. The van der Waals surface area contributed by atoms with E-state index in [1.807, 2.05) is 6.07 Å². The van der Waals surface area contributed by atoms with Gasteiger partial charge in [0.15, 0.2) is 12.0 Å². The molecule has 92 valence electrons. The molecule has 1 aromatic heterocycles. The number of carbonyl (C=O) groups excluding carboxylic acids is 2. The molecule has 0 saturated heterocycles. The van der Waals surface area contributed by atoms with Gasteiger partial charge in [-0.2, -0.15) is 5.10 Å². The monoisotopic (exact) mass is 243 g/mol. The third kappa shape index (κ3) is 2.15. The molecule has 0 unspecified atom stereocenters. The number of para-hydroxylation sites is 1. The molecule has 0 aliphatic rings. The van der Waals surface area contributed by atoms with Crippen molar-refractivity contribution >= 4 is 12.2 Å². The normalized spacial score (nSPS) is 10.1. The maximum Gasteiger partial charge on any atom is 0.273 e. The molecule has 0 radical (unpaired) electrons. The number of carbonyl (C=O) groups is 2. The molecule has 0 atom stereocenters. The summed E-state index contributed by atoms with van der Waals surface area (Å²) in [7, 11) is 3.33. The van der Waals surface area contributed by atoms with E-state index < -0.39 is 0 Å². The predicted molar refractivity (Wildman–Crippen MR) is 67.0 cm³/mol. The summed E-state index contributed by atoms with van der Waals surface area (Å²) in [5, 5.41) is 4.18. The van der Waals surface area contributed by atoms with Crippen molar-refractivity contribution in [2.45, 2.75) is 0 Å². The fourth-order valence-corrected chi connectivity index (χ4v) is 1.60. The fourth-order valence-electron chi connectivity index (χ4n) is 1.60. The van der Waals surface area contributed by atoms with E-state index >= 15 is 0 Å². The summed E-state index contributed by atoms with van der Waals surface area (Å²) in [5.74, 6) is -0.169. The fraction of sp³-hybridized carbons (Fsp3) is 0.154. The van der Waals surface area contributed by atoms with Crippen LogP contribution in [0.3, 0.4) is 0 Å². The van der Waals surface area contributed by atoms with Gasteiger partial charge >= 0.3 is 0 Å². The molecule has 5 nitrogen and oxygen atoms in total. The van der Waals surface area contributed by atoms with Gasteiger partial charge in [0.1, 0.15) is 0 Å². The van der Waals surface area contributed by atoms with Crippen LogP contribution in [0.25, 0.3) is 5.69 Å². The number of aromatic nitrogens is 2. The van der Waals surface area contributed by atoms with Crippen molar-refractivity contribution in [2.24, 2.45) is 0 Å². The molecule has 2 rings (SSSR count). The number of aldehydes is 1. The summed E-state index contributed by atoms with van der Waals surface area (Å²) >= 11 is 0. The average molecular weight is 243 g/mol. The molecule has 0 aliphatic heterocycles. The van der Waals surface area contributed by atoms with Crippen LogP contribution in [0.15, 0.2) is 36.5 Å². The Balaban J connectivity index is 2.41. The van der Waals surface area contributed by atoms with Gasteiger partial charge in [-0.15, -0.1) is 0 Å². The lowest BCUT2D eigenvalue weighted by Crippen LogP contribution is -2.22. The molecule has 5 heteroatoms. The summed E-state index contributed by atoms with van der Waals surface area (Å²) in [6, 6.07) is 8.71. The summed E-state index contributed by atoms with van der Waals surface area (Å²) in [4.78, 5) is 24.1.